The molecule has 0 aliphatic heterocycles. The van der Waals surface area contributed by atoms with Crippen molar-refractivity contribution in [1.82, 2.24) is 5.32 Å². The van der Waals surface area contributed by atoms with Gasteiger partial charge in [-0.3, -0.25) is 0 Å². The maximum atomic E-state index is 9.15. The predicted octanol–water partition coefficient (Wildman–Crippen LogP) is 1.31. The number of rotatable bonds is 7. The van der Waals surface area contributed by atoms with Crippen molar-refractivity contribution in [2.45, 2.75) is 32.3 Å². The van der Waals surface area contributed by atoms with Crippen LogP contribution in [0.4, 0.5) is 0 Å². The summed E-state index contributed by atoms with van der Waals surface area (Å²) in [5, 5.41) is 12.4. The van der Waals surface area contributed by atoms with E-state index in [4.69, 9.17) is 5.11 Å². The topological polar surface area (TPSA) is 32.3 Å². The van der Waals surface area contributed by atoms with Crippen molar-refractivity contribution in [3.8, 4) is 0 Å². The summed E-state index contributed by atoms with van der Waals surface area (Å²) in [6.45, 7) is 7.49. The van der Waals surface area contributed by atoms with E-state index in [9.17, 15) is 0 Å². The standard InChI is InChI=1S/C9H19NO/c1-3-5-7-10-8-6-9(11)4-2/h3,9-11H,1,4-8H2,2H3. The quantitative estimate of drug-likeness (QED) is 0.431. The lowest BCUT2D eigenvalue weighted by Gasteiger charge is -2.07. The third-order valence-corrected chi connectivity index (χ3v) is 1.65. The van der Waals surface area contributed by atoms with Crippen molar-refractivity contribution in [2.24, 2.45) is 0 Å². The van der Waals surface area contributed by atoms with E-state index in [1.165, 1.54) is 0 Å². The van der Waals surface area contributed by atoms with Crippen molar-refractivity contribution in [1.29, 1.82) is 0 Å². The Morgan fingerprint density at radius 2 is 2.27 bits per heavy atom. The zero-order valence-corrected chi connectivity index (χ0v) is 7.34. The first-order chi connectivity index (χ1) is 5.31. The molecule has 0 radical (unpaired) electrons. The van der Waals surface area contributed by atoms with Gasteiger partial charge in [0, 0.05) is 0 Å². The van der Waals surface area contributed by atoms with Crippen LogP contribution < -0.4 is 5.32 Å². The van der Waals surface area contributed by atoms with Gasteiger partial charge in [-0.2, -0.15) is 0 Å². The van der Waals surface area contributed by atoms with Crippen LogP contribution in [0.5, 0.6) is 0 Å². The predicted molar refractivity (Wildman–Crippen MR) is 48.6 cm³/mol. The van der Waals surface area contributed by atoms with Crippen LogP contribution in [0.25, 0.3) is 0 Å². The molecule has 0 aromatic heterocycles. The highest BCUT2D eigenvalue weighted by Gasteiger charge is 1.97. The molecule has 0 aliphatic carbocycles. The Kier molecular flexibility index (Phi) is 7.52. The van der Waals surface area contributed by atoms with Crippen molar-refractivity contribution in [3.05, 3.63) is 12.7 Å². The molecule has 11 heavy (non-hydrogen) atoms. The van der Waals surface area contributed by atoms with Gasteiger partial charge in [-0.1, -0.05) is 13.0 Å². The zero-order chi connectivity index (χ0) is 8.53. The first kappa shape index (κ1) is 10.7. The number of nitrogens with one attached hydrogen (secondary N) is 1. The normalized spacial score (nSPS) is 12.9. The lowest BCUT2D eigenvalue weighted by Crippen LogP contribution is -2.20. The summed E-state index contributed by atoms with van der Waals surface area (Å²) in [6.07, 6.45) is 4.47. The molecule has 0 spiro atoms. The summed E-state index contributed by atoms with van der Waals surface area (Å²) in [4.78, 5) is 0. The highest BCUT2D eigenvalue weighted by Crippen LogP contribution is 1.93. The molecule has 2 heteroatoms. The summed E-state index contributed by atoms with van der Waals surface area (Å²) >= 11 is 0. The van der Waals surface area contributed by atoms with Crippen LogP contribution in [0.15, 0.2) is 12.7 Å². The fraction of sp³-hybridized carbons (Fsp3) is 0.778. The third kappa shape index (κ3) is 7.56. The highest BCUT2D eigenvalue weighted by atomic mass is 16.3. The maximum Gasteiger partial charge on any atom is 0.0549 e. The fourth-order valence-corrected chi connectivity index (χ4v) is 0.802. The largest absolute Gasteiger partial charge is 0.393 e. The molecule has 0 aromatic rings. The Morgan fingerprint density at radius 1 is 1.55 bits per heavy atom. The molecule has 66 valence electrons. The van der Waals surface area contributed by atoms with Crippen molar-refractivity contribution in [2.75, 3.05) is 13.1 Å². The van der Waals surface area contributed by atoms with E-state index in [1.807, 2.05) is 13.0 Å². The second-order valence-corrected chi connectivity index (χ2v) is 2.68. The van der Waals surface area contributed by atoms with Gasteiger partial charge in [0.15, 0.2) is 0 Å². The maximum absolute atomic E-state index is 9.15. The van der Waals surface area contributed by atoms with Gasteiger partial charge < -0.3 is 10.4 Å². The van der Waals surface area contributed by atoms with Gasteiger partial charge >= 0.3 is 0 Å². The molecular weight excluding hydrogens is 138 g/mol. The highest BCUT2D eigenvalue weighted by molar-refractivity contribution is 4.67. The summed E-state index contributed by atoms with van der Waals surface area (Å²) in [5.74, 6) is 0. The van der Waals surface area contributed by atoms with Crippen molar-refractivity contribution < 1.29 is 5.11 Å². The molecular formula is C9H19NO. The molecule has 0 aromatic carbocycles. The minimum absolute atomic E-state index is 0.133. The molecule has 0 aliphatic rings. The Labute approximate surface area is 69.3 Å². The van der Waals surface area contributed by atoms with Gasteiger partial charge in [0.2, 0.25) is 0 Å². The molecule has 0 saturated heterocycles. The van der Waals surface area contributed by atoms with Gasteiger partial charge in [0.05, 0.1) is 6.10 Å². The minimum atomic E-state index is -0.133. The van der Waals surface area contributed by atoms with Gasteiger partial charge in [-0.05, 0) is 32.4 Å². The van der Waals surface area contributed by atoms with Crippen LogP contribution in [0, 0.1) is 0 Å². The van der Waals surface area contributed by atoms with Crippen LogP contribution in [0.2, 0.25) is 0 Å². The molecule has 2 nitrogen and oxygen atoms in total. The number of hydrogen-bond donors (Lipinski definition) is 2. The van der Waals surface area contributed by atoms with Crippen molar-refractivity contribution in [3.63, 3.8) is 0 Å². The Hall–Kier alpha value is -0.340. The van der Waals surface area contributed by atoms with Crippen LogP contribution in [0.1, 0.15) is 26.2 Å². The molecule has 1 unspecified atom stereocenters. The second kappa shape index (κ2) is 7.76. The van der Waals surface area contributed by atoms with Gasteiger partial charge in [0.25, 0.3) is 0 Å². The zero-order valence-electron chi connectivity index (χ0n) is 7.34. The molecule has 2 N–H and O–H groups in total. The van der Waals surface area contributed by atoms with Gasteiger partial charge in [0.1, 0.15) is 0 Å². The van der Waals surface area contributed by atoms with Crippen LogP contribution in [0.3, 0.4) is 0 Å². The lowest BCUT2D eigenvalue weighted by molar-refractivity contribution is 0.160. The van der Waals surface area contributed by atoms with E-state index < -0.39 is 0 Å². The molecule has 0 heterocycles. The van der Waals surface area contributed by atoms with E-state index in [1.54, 1.807) is 0 Å². The summed E-state index contributed by atoms with van der Waals surface area (Å²) in [6, 6.07) is 0. The second-order valence-electron chi connectivity index (χ2n) is 2.68. The molecule has 0 saturated carbocycles. The number of aliphatic hydroxyl groups is 1. The average Bonchev–Trinajstić information content (AvgIpc) is 2.04. The SMILES string of the molecule is C=CCCNCCC(O)CC. The Balaban J connectivity index is 2.95. The van der Waals surface area contributed by atoms with Gasteiger partial charge in [-0.15, -0.1) is 6.58 Å². The molecule has 1 atom stereocenters. The number of hydrogen-bond acceptors (Lipinski definition) is 2. The molecule has 0 fully saturated rings. The average molecular weight is 157 g/mol. The summed E-state index contributed by atoms with van der Waals surface area (Å²) < 4.78 is 0. The Morgan fingerprint density at radius 3 is 2.82 bits per heavy atom. The van der Waals surface area contributed by atoms with E-state index in [-0.39, 0.29) is 6.10 Å². The van der Waals surface area contributed by atoms with Crippen LogP contribution >= 0.6 is 0 Å². The fourth-order valence-electron chi connectivity index (χ4n) is 0.802. The summed E-state index contributed by atoms with van der Waals surface area (Å²) in [7, 11) is 0. The first-order valence-corrected chi connectivity index (χ1v) is 4.31. The van der Waals surface area contributed by atoms with Crippen LogP contribution in [-0.4, -0.2) is 24.3 Å². The first-order valence-electron chi connectivity index (χ1n) is 4.31. The van der Waals surface area contributed by atoms with E-state index in [0.29, 0.717) is 0 Å². The van der Waals surface area contributed by atoms with E-state index >= 15 is 0 Å². The Bertz CT molecular complexity index is 93.6. The lowest BCUT2D eigenvalue weighted by atomic mass is 10.2. The smallest absolute Gasteiger partial charge is 0.0549 e. The summed E-state index contributed by atoms with van der Waals surface area (Å²) in [5.41, 5.74) is 0. The molecule has 0 rings (SSSR count). The van der Waals surface area contributed by atoms with Crippen molar-refractivity contribution >= 4 is 0 Å². The van der Waals surface area contributed by atoms with Gasteiger partial charge in [-0.25, -0.2) is 0 Å². The molecule has 0 amide bonds. The molecule has 0 bridgehead atoms. The minimum Gasteiger partial charge on any atom is -0.393 e. The van der Waals surface area contributed by atoms with Crippen LogP contribution in [-0.2, 0) is 0 Å². The number of aliphatic hydroxyl groups excluding tert-OH is 1. The monoisotopic (exact) mass is 157 g/mol. The van der Waals surface area contributed by atoms with E-state index in [2.05, 4.69) is 11.9 Å². The third-order valence-electron chi connectivity index (χ3n) is 1.65. The van der Waals surface area contributed by atoms with E-state index in [0.717, 1.165) is 32.4 Å².